The molecule has 0 aromatic rings. The molecule has 0 aromatic heterocycles. The number of carbonyl (C=O) groups is 2. The zero-order valence-corrected chi connectivity index (χ0v) is 23.0. The average molecular weight is 503 g/mol. The van der Waals surface area contributed by atoms with Crippen molar-refractivity contribution >= 4 is 22.1 Å². The maximum absolute atomic E-state index is 11.9. The van der Waals surface area contributed by atoms with Crippen molar-refractivity contribution < 1.29 is 71.4 Å². The van der Waals surface area contributed by atoms with Gasteiger partial charge in [0.1, 0.15) is 22.8 Å². The molecule has 0 radical (unpaired) electrons. The first-order chi connectivity index (χ1) is 15.2. The molecule has 0 amide bonds. The van der Waals surface area contributed by atoms with Gasteiger partial charge in [-0.25, -0.2) is 8.42 Å². The van der Waals surface area contributed by atoms with Crippen molar-refractivity contribution in [2.45, 2.75) is 88.9 Å². The molecule has 0 rings (SSSR count). The summed E-state index contributed by atoms with van der Waals surface area (Å²) in [5, 5.41) is 7.39. The van der Waals surface area contributed by atoms with Gasteiger partial charge in [0, 0.05) is 0 Å². The van der Waals surface area contributed by atoms with Gasteiger partial charge in [0.2, 0.25) is 0 Å². The largest absolute Gasteiger partial charge is 1.00 e. The minimum Gasteiger partial charge on any atom is -0.747 e. The van der Waals surface area contributed by atoms with E-state index in [2.05, 4.69) is 18.2 Å². The minimum absolute atomic E-state index is 0. The Morgan fingerprint density at radius 3 is 2.03 bits per heavy atom. The van der Waals surface area contributed by atoms with Gasteiger partial charge in [-0.15, -0.1) is 6.58 Å². The number of hydrogen-bond acceptors (Lipinski definition) is 9. The fourth-order valence-corrected chi connectivity index (χ4v) is 3.54. The van der Waals surface area contributed by atoms with E-state index < -0.39 is 46.4 Å². The second kappa shape index (κ2) is 22.0. The van der Waals surface area contributed by atoms with Crippen LogP contribution in [0.5, 0.6) is 0 Å². The molecule has 188 valence electrons. The molecule has 33 heavy (non-hydrogen) atoms. The fourth-order valence-electron chi connectivity index (χ4n) is 2.90. The van der Waals surface area contributed by atoms with Crippen LogP contribution >= 0.6 is 0 Å². The molecule has 1 N–H and O–H groups in total. The molecule has 0 saturated heterocycles. The Balaban J connectivity index is 0. The molecule has 9 nitrogen and oxygen atoms in total. The van der Waals surface area contributed by atoms with Gasteiger partial charge in [0.05, 0.1) is 26.2 Å². The maximum atomic E-state index is 11.9. The van der Waals surface area contributed by atoms with Crippen molar-refractivity contribution in [3.8, 4) is 0 Å². The zero-order valence-electron chi connectivity index (χ0n) is 20.2. The summed E-state index contributed by atoms with van der Waals surface area (Å²) >= 11 is 0. The van der Waals surface area contributed by atoms with Crippen LogP contribution in [0.4, 0.5) is 0 Å². The second-order valence-corrected chi connectivity index (χ2v) is 9.25. The van der Waals surface area contributed by atoms with Crippen molar-refractivity contribution in [1.29, 1.82) is 0 Å². The van der Waals surface area contributed by atoms with E-state index in [-0.39, 0.29) is 49.4 Å². The number of esters is 2. The molecule has 0 aromatic carbocycles. The van der Waals surface area contributed by atoms with Gasteiger partial charge in [0.15, 0.2) is 5.25 Å². The molecule has 0 aliphatic rings. The molecule has 0 saturated carbocycles. The first kappa shape index (κ1) is 34.7. The van der Waals surface area contributed by atoms with Crippen molar-refractivity contribution in [3.05, 3.63) is 12.7 Å². The Morgan fingerprint density at radius 2 is 1.52 bits per heavy atom. The summed E-state index contributed by atoms with van der Waals surface area (Å²) in [6.07, 6.45) is 10.4. The number of aliphatic hydroxyl groups excluding tert-OH is 1. The Bertz CT molecular complexity index is 625. The predicted molar refractivity (Wildman–Crippen MR) is 119 cm³/mol. The van der Waals surface area contributed by atoms with E-state index >= 15 is 0 Å². The van der Waals surface area contributed by atoms with E-state index in [0.717, 1.165) is 19.3 Å². The number of unbranched alkanes of at least 4 members (excludes halogenated alkanes) is 9. The van der Waals surface area contributed by atoms with Crippen LogP contribution in [0.15, 0.2) is 12.7 Å². The maximum Gasteiger partial charge on any atom is 1.00 e. The Hall–Kier alpha value is -0.490. The molecule has 0 aliphatic carbocycles. The normalized spacial score (nSPS) is 12.9. The van der Waals surface area contributed by atoms with Crippen LogP contribution in [0, 0.1) is 0 Å². The molecule has 11 heteroatoms. The van der Waals surface area contributed by atoms with Gasteiger partial charge in [-0.1, -0.05) is 70.8 Å². The van der Waals surface area contributed by atoms with E-state index in [1.807, 2.05) is 0 Å². The molecule has 2 unspecified atom stereocenters. The van der Waals surface area contributed by atoms with Gasteiger partial charge >= 0.3 is 41.5 Å². The Kier molecular flexibility index (Phi) is 23.1. The standard InChI is InChI=1S/C22H40O9S.Na/c1-3-5-6-7-8-9-10-11-12-13-15-30-21(24)16-20(32(26,27)28)22(25)31-18-19(23)17-29-14-4-2;/h4,19-20,23H,2-3,5-18H2,1H3,(H,26,27,28);/q;+1/p-1. The summed E-state index contributed by atoms with van der Waals surface area (Å²) in [6, 6.07) is 0. The summed E-state index contributed by atoms with van der Waals surface area (Å²) < 4.78 is 48.7. The van der Waals surface area contributed by atoms with Crippen LogP contribution < -0.4 is 29.6 Å². The number of carbonyl (C=O) groups excluding carboxylic acids is 2. The van der Waals surface area contributed by atoms with Crippen molar-refractivity contribution in [3.63, 3.8) is 0 Å². The summed E-state index contributed by atoms with van der Waals surface area (Å²) in [6.45, 7) is 5.14. The molecule has 0 bridgehead atoms. The van der Waals surface area contributed by atoms with Gasteiger partial charge in [-0.2, -0.15) is 0 Å². The quantitative estimate of drug-likeness (QED) is 0.0747. The van der Waals surface area contributed by atoms with E-state index in [4.69, 9.17) is 9.47 Å². The SMILES string of the molecule is C=CCOCC(O)COC(=O)C(CC(=O)OCCCCCCCCCCCC)S(=O)(=O)[O-].[Na+]. The Labute approximate surface area is 220 Å². The van der Waals surface area contributed by atoms with Crippen LogP contribution in [-0.2, 0) is 33.9 Å². The van der Waals surface area contributed by atoms with Crippen LogP contribution in [0.1, 0.15) is 77.6 Å². The van der Waals surface area contributed by atoms with E-state index in [1.54, 1.807) is 0 Å². The second-order valence-electron chi connectivity index (χ2n) is 7.70. The summed E-state index contributed by atoms with van der Waals surface area (Å²) in [5.41, 5.74) is 0. The van der Waals surface area contributed by atoms with Crippen LogP contribution in [0.3, 0.4) is 0 Å². The molecule has 0 spiro atoms. The topological polar surface area (TPSA) is 139 Å². The molecular formula is C22H39NaO9S. The summed E-state index contributed by atoms with van der Waals surface area (Å²) in [7, 11) is -5.13. The van der Waals surface area contributed by atoms with E-state index in [9.17, 15) is 27.7 Å². The summed E-state index contributed by atoms with van der Waals surface area (Å²) in [4.78, 5) is 23.8. The summed E-state index contributed by atoms with van der Waals surface area (Å²) in [5.74, 6) is -2.36. The third kappa shape index (κ3) is 20.6. The number of rotatable bonds is 21. The molecule has 0 fully saturated rings. The van der Waals surface area contributed by atoms with Crippen molar-refractivity contribution in [2.75, 3.05) is 26.4 Å². The minimum atomic E-state index is -5.13. The molecular weight excluding hydrogens is 463 g/mol. The van der Waals surface area contributed by atoms with Crippen molar-refractivity contribution in [1.82, 2.24) is 0 Å². The van der Waals surface area contributed by atoms with Gasteiger partial charge < -0.3 is 23.9 Å². The van der Waals surface area contributed by atoms with Gasteiger partial charge in [-0.05, 0) is 6.42 Å². The number of aliphatic hydroxyl groups is 1. The fraction of sp³-hybridized carbons (Fsp3) is 0.818. The molecule has 0 heterocycles. The zero-order chi connectivity index (χ0) is 24.2. The average Bonchev–Trinajstić information content (AvgIpc) is 2.73. The van der Waals surface area contributed by atoms with Crippen LogP contribution in [-0.4, -0.2) is 67.8 Å². The third-order valence-corrected chi connectivity index (χ3v) is 5.74. The van der Waals surface area contributed by atoms with Gasteiger partial charge in [0.25, 0.3) is 0 Å². The van der Waals surface area contributed by atoms with Gasteiger partial charge in [-0.3, -0.25) is 9.59 Å². The van der Waals surface area contributed by atoms with E-state index in [0.29, 0.717) is 6.42 Å². The first-order valence-electron chi connectivity index (χ1n) is 11.4. The van der Waals surface area contributed by atoms with Crippen LogP contribution in [0.2, 0.25) is 0 Å². The Morgan fingerprint density at radius 1 is 0.970 bits per heavy atom. The monoisotopic (exact) mass is 502 g/mol. The number of hydrogen-bond donors (Lipinski definition) is 1. The first-order valence-corrected chi connectivity index (χ1v) is 12.8. The van der Waals surface area contributed by atoms with E-state index in [1.165, 1.54) is 44.6 Å². The third-order valence-electron chi connectivity index (χ3n) is 4.69. The smallest absolute Gasteiger partial charge is 0.747 e. The van der Waals surface area contributed by atoms with Crippen molar-refractivity contribution in [2.24, 2.45) is 0 Å². The van der Waals surface area contributed by atoms with Crippen LogP contribution in [0.25, 0.3) is 0 Å². The molecule has 2 atom stereocenters. The number of ether oxygens (including phenoxy) is 3. The molecule has 0 aliphatic heterocycles. The predicted octanol–water partition coefficient (Wildman–Crippen LogP) is -0.135.